The normalized spacial score (nSPS) is 17.5. The van der Waals surface area contributed by atoms with Gasteiger partial charge in [-0.25, -0.2) is 4.99 Å². The predicted molar refractivity (Wildman–Crippen MR) is 129 cm³/mol. The van der Waals surface area contributed by atoms with E-state index < -0.39 is 0 Å². The topological polar surface area (TPSA) is 83.0 Å². The number of halogens is 1. The Bertz CT molecular complexity index is 744. The lowest BCUT2D eigenvalue weighted by Crippen LogP contribution is -2.46. The number of carbonyl (C=O) groups excluding carboxylic acids is 2. The van der Waals surface area contributed by atoms with Crippen LogP contribution in [0, 0.1) is 11.8 Å². The molecular formula is C22H33IN4O3. The monoisotopic (exact) mass is 528 g/mol. The van der Waals surface area contributed by atoms with E-state index in [1.807, 2.05) is 31.2 Å². The fraction of sp³-hybridized carbons (Fsp3) is 0.591. The minimum atomic E-state index is -0.118. The van der Waals surface area contributed by atoms with Crippen LogP contribution in [0.2, 0.25) is 0 Å². The number of methoxy groups -OCH3 is 1. The summed E-state index contributed by atoms with van der Waals surface area (Å²) in [5, 5.41) is 6.37. The highest BCUT2D eigenvalue weighted by atomic mass is 127. The molecule has 2 N–H and O–H groups in total. The number of carbonyl (C=O) groups is 2. The highest BCUT2D eigenvalue weighted by Gasteiger charge is 2.27. The van der Waals surface area contributed by atoms with E-state index in [0.29, 0.717) is 6.54 Å². The minimum Gasteiger partial charge on any atom is -0.469 e. The summed E-state index contributed by atoms with van der Waals surface area (Å²) in [7, 11) is 1.45. The molecule has 1 heterocycles. The largest absolute Gasteiger partial charge is 0.469 e. The first-order valence-corrected chi connectivity index (χ1v) is 10.6. The average Bonchev–Trinajstić information content (AvgIpc) is 2.69. The zero-order valence-electron chi connectivity index (χ0n) is 17.9. The van der Waals surface area contributed by atoms with Crippen LogP contribution in [-0.4, -0.2) is 49.5 Å². The lowest BCUT2D eigenvalue weighted by atomic mass is 9.85. The number of anilines is 1. The Hall–Kier alpha value is -1.84. The number of likely N-dealkylation sites (tertiary alicyclic amines) is 1. The molecule has 166 valence electrons. The van der Waals surface area contributed by atoms with Crippen molar-refractivity contribution in [3.63, 3.8) is 0 Å². The summed E-state index contributed by atoms with van der Waals surface area (Å²) in [5.74, 6) is 1.02. The Balaban J connectivity index is 0.00000320. The van der Waals surface area contributed by atoms with Gasteiger partial charge in [0.1, 0.15) is 0 Å². The van der Waals surface area contributed by atoms with Crippen LogP contribution >= 0.6 is 24.0 Å². The molecule has 8 heteroatoms. The number of aliphatic imine (C=N–C) groups is 1. The van der Waals surface area contributed by atoms with Gasteiger partial charge in [-0.1, -0.05) is 18.6 Å². The van der Waals surface area contributed by atoms with E-state index in [1.165, 1.54) is 7.11 Å². The summed E-state index contributed by atoms with van der Waals surface area (Å²) in [6.45, 7) is 4.93. The van der Waals surface area contributed by atoms with Crippen molar-refractivity contribution in [2.24, 2.45) is 16.8 Å². The molecule has 0 atom stereocenters. The summed E-state index contributed by atoms with van der Waals surface area (Å²) in [6.07, 6.45) is 4.69. The Kier molecular flexibility index (Phi) is 9.87. The molecule has 0 unspecified atom stereocenters. The number of amides is 1. The molecule has 1 aliphatic carbocycles. The third-order valence-corrected chi connectivity index (χ3v) is 5.75. The van der Waals surface area contributed by atoms with Crippen molar-refractivity contribution < 1.29 is 14.3 Å². The third kappa shape index (κ3) is 6.58. The lowest BCUT2D eigenvalue weighted by Gasteiger charge is -2.33. The molecule has 3 rings (SSSR count). The Morgan fingerprint density at radius 2 is 1.90 bits per heavy atom. The summed E-state index contributed by atoms with van der Waals surface area (Å²) in [5.41, 5.74) is 1.88. The van der Waals surface area contributed by atoms with Gasteiger partial charge in [0, 0.05) is 31.2 Å². The molecule has 2 aliphatic rings. The molecule has 1 aliphatic heterocycles. The minimum absolute atomic E-state index is 0. The van der Waals surface area contributed by atoms with Crippen molar-refractivity contribution in [3.05, 3.63) is 29.8 Å². The van der Waals surface area contributed by atoms with Crippen molar-refractivity contribution in [3.8, 4) is 0 Å². The standard InChI is InChI=1S/C22H32N4O3.HI/c1-3-23-22(26-12-10-18(11-13-26)21(28)29-2)24-15-16-6-4-9-19(14-16)25-20(27)17-7-5-8-17;/h4,6,9,14,17-18H,3,5,7-8,10-13,15H2,1-2H3,(H,23,24)(H,25,27);1H. The van der Waals surface area contributed by atoms with Crippen LogP contribution in [0.4, 0.5) is 5.69 Å². The van der Waals surface area contributed by atoms with E-state index in [2.05, 4.69) is 15.5 Å². The predicted octanol–water partition coefficient (Wildman–Crippen LogP) is 3.39. The second kappa shape index (κ2) is 12.1. The number of hydrogen-bond acceptors (Lipinski definition) is 4. The maximum atomic E-state index is 12.2. The highest BCUT2D eigenvalue weighted by molar-refractivity contribution is 14.0. The van der Waals surface area contributed by atoms with Crippen molar-refractivity contribution >= 4 is 47.5 Å². The fourth-order valence-electron chi connectivity index (χ4n) is 3.75. The van der Waals surface area contributed by atoms with Gasteiger partial charge in [0.25, 0.3) is 0 Å². The van der Waals surface area contributed by atoms with Gasteiger partial charge in [-0.05, 0) is 50.3 Å². The number of esters is 1. The van der Waals surface area contributed by atoms with Gasteiger partial charge >= 0.3 is 5.97 Å². The molecule has 2 fully saturated rings. The number of benzene rings is 1. The molecule has 30 heavy (non-hydrogen) atoms. The van der Waals surface area contributed by atoms with Gasteiger partial charge < -0.3 is 20.3 Å². The number of hydrogen-bond donors (Lipinski definition) is 2. The molecule has 1 amide bonds. The van der Waals surface area contributed by atoms with Crippen molar-refractivity contribution in [1.29, 1.82) is 0 Å². The van der Waals surface area contributed by atoms with Crippen LogP contribution in [0.5, 0.6) is 0 Å². The van der Waals surface area contributed by atoms with Gasteiger partial charge in [-0.2, -0.15) is 0 Å². The van der Waals surface area contributed by atoms with Crippen molar-refractivity contribution in [2.45, 2.75) is 45.6 Å². The lowest BCUT2D eigenvalue weighted by molar-refractivity contribution is -0.146. The maximum Gasteiger partial charge on any atom is 0.308 e. The van der Waals surface area contributed by atoms with Crippen molar-refractivity contribution in [2.75, 3.05) is 32.1 Å². The summed E-state index contributed by atoms with van der Waals surface area (Å²) < 4.78 is 4.87. The second-order valence-corrected chi connectivity index (χ2v) is 7.77. The smallest absolute Gasteiger partial charge is 0.308 e. The average molecular weight is 528 g/mol. The maximum absolute atomic E-state index is 12.2. The second-order valence-electron chi connectivity index (χ2n) is 7.77. The number of piperidine rings is 1. The molecule has 0 bridgehead atoms. The van der Waals surface area contributed by atoms with Gasteiger partial charge in [0.2, 0.25) is 5.91 Å². The van der Waals surface area contributed by atoms with E-state index in [9.17, 15) is 9.59 Å². The summed E-state index contributed by atoms with van der Waals surface area (Å²) in [4.78, 5) is 30.9. The third-order valence-electron chi connectivity index (χ3n) is 5.75. The molecule has 0 aromatic heterocycles. The first-order chi connectivity index (χ1) is 14.1. The Labute approximate surface area is 196 Å². The van der Waals surface area contributed by atoms with Crippen LogP contribution in [0.25, 0.3) is 0 Å². The number of ether oxygens (including phenoxy) is 1. The Morgan fingerprint density at radius 1 is 1.17 bits per heavy atom. The molecule has 0 radical (unpaired) electrons. The first kappa shape index (κ1) is 24.4. The van der Waals surface area contributed by atoms with E-state index >= 15 is 0 Å². The van der Waals surface area contributed by atoms with Gasteiger partial charge in [-0.15, -0.1) is 24.0 Å². The zero-order chi connectivity index (χ0) is 20.6. The highest BCUT2D eigenvalue weighted by Crippen LogP contribution is 2.27. The van der Waals surface area contributed by atoms with E-state index in [4.69, 9.17) is 9.73 Å². The molecule has 1 saturated carbocycles. The number of nitrogens with one attached hydrogen (secondary N) is 2. The zero-order valence-corrected chi connectivity index (χ0v) is 20.2. The van der Waals surface area contributed by atoms with Crippen LogP contribution < -0.4 is 10.6 Å². The Morgan fingerprint density at radius 3 is 2.50 bits per heavy atom. The van der Waals surface area contributed by atoms with Crippen LogP contribution in [0.3, 0.4) is 0 Å². The van der Waals surface area contributed by atoms with E-state index in [1.54, 1.807) is 0 Å². The molecule has 1 aromatic rings. The quantitative estimate of drug-likeness (QED) is 0.256. The number of nitrogens with zero attached hydrogens (tertiary/aromatic N) is 2. The fourth-order valence-corrected chi connectivity index (χ4v) is 3.75. The number of guanidine groups is 1. The van der Waals surface area contributed by atoms with Gasteiger partial charge in [0.15, 0.2) is 5.96 Å². The van der Waals surface area contributed by atoms with Crippen molar-refractivity contribution in [1.82, 2.24) is 10.2 Å². The van der Waals surface area contributed by atoms with Crippen LogP contribution in [0.1, 0.15) is 44.6 Å². The molecule has 1 saturated heterocycles. The molecular weight excluding hydrogens is 495 g/mol. The SMILES string of the molecule is CCNC(=NCc1cccc(NC(=O)C2CCC2)c1)N1CCC(C(=O)OC)CC1.I. The molecule has 0 spiro atoms. The number of rotatable bonds is 6. The summed E-state index contributed by atoms with van der Waals surface area (Å²) >= 11 is 0. The van der Waals surface area contributed by atoms with Crippen LogP contribution in [-0.2, 0) is 20.9 Å². The van der Waals surface area contributed by atoms with E-state index in [-0.39, 0.29) is 47.7 Å². The first-order valence-electron chi connectivity index (χ1n) is 10.6. The van der Waals surface area contributed by atoms with Gasteiger partial charge in [-0.3, -0.25) is 9.59 Å². The van der Waals surface area contributed by atoms with Crippen LogP contribution in [0.15, 0.2) is 29.3 Å². The van der Waals surface area contributed by atoms with Gasteiger partial charge in [0.05, 0.1) is 19.6 Å². The summed E-state index contributed by atoms with van der Waals surface area (Å²) in [6, 6.07) is 7.89. The molecule has 1 aromatic carbocycles. The van der Waals surface area contributed by atoms with E-state index in [0.717, 1.165) is 68.9 Å². The molecule has 7 nitrogen and oxygen atoms in total.